The Bertz CT molecular complexity index is 220. The quantitative estimate of drug-likeness (QED) is 0.592. The number of unbranched alkanes of at least 4 members (excludes halogenated alkanes) is 2. The number of rotatable bonds is 7. The summed E-state index contributed by atoms with van der Waals surface area (Å²) in [4.78, 5) is 15.2. The number of nitrogens with zero attached hydrogens (tertiary/aromatic N) is 3. The zero-order chi connectivity index (χ0) is 11.7. The molecule has 15 heavy (non-hydrogen) atoms. The molecule has 0 spiro atoms. The summed E-state index contributed by atoms with van der Waals surface area (Å²) in [6.07, 6.45) is 2.52. The monoisotopic (exact) mass is 211 g/mol. The predicted molar refractivity (Wildman–Crippen MR) is 60.3 cm³/mol. The smallest absolute Gasteiger partial charge is 0.236 e. The first-order chi connectivity index (χ1) is 7.11. The third-order valence-electron chi connectivity index (χ3n) is 2.32. The Kier molecular flexibility index (Phi) is 7.65. The minimum Gasteiger partial charge on any atom is -0.348 e. The van der Waals surface area contributed by atoms with Crippen molar-refractivity contribution in [2.45, 2.75) is 26.2 Å². The molecule has 0 N–H and O–H groups in total. The molecule has 0 aromatic rings. The van der Waals surface area contributed by atoms with Gasteiger partial charge in [-0.05, 0) is 25.9 Å². The largest absolute Gasteiger partial charge is 0.348 e. The molecule has 0 fully saturated rings. The maximum atomic E-state index is 11.4. The van der Waals surface area contributed by atoms with Crippen LogP contribution in [-0.4, -0.2) is 49.4 Å². The normalized spacial score (nSPS) is 10.1. The Labute approximate surface area is 92.5 Å². The van der Waals surface area contributed by atoms with Gasteiger partial charge in [0.25, 0.3) is 0 Å². The summed E-state index contributed by atoms with van der Waals surface area (Å²) in [5.74, 6) is 0.136. The zero-order valence-electron chi connectivity index (χ0n) is 9.99. The summed E-state index contributed by atoms with van der Waals surface area (Å²) in [5, 5.41) is 8.38. The predicted octanol–water partition coefficient (Wildman–Crippen LogP) is 1.09. The SMILES string of the molecule is CCN(CCCCC#N)CC(=O)N(C)C. The number of carbonyl (C=O) groups excluding carboxylic acids is 1. The van der Waals surface area contributed by atoms with Crippen LogP contribution in [-0.2, 0) is 4.79 Å². The van der Waals surface area contributed by atoms with Gasteiger partial charge in [-0.2, -0.15) is 5.26 Å². The lowest BCUT2D eigenvalue weighted by Gasteiger charge is -2.21. The molecule has 0 radical (unpaired) electrons. The van der Waals surface area contributed by atoms with Gasteiger partial charge in [0.15, 0.2) is 0 Å². The first-order valence-electron chi connectivity index (χ1n) is 5.41. The van der Waals surface area contributed by atoms with Crippen LogP contribution in [0.2, 0.25) is 0 Å². The minimum absolute atomic E-state index is 0.136. The van der Waals surface area contributed by atoms with Crippen LogP contribution in [0.4, 0.5) is 0 Å². The summed E-state index contributed by atoms with van der Waals surface area (Å²) in [6.45, 7) is 4.31. The Morgan fingerprint density at radius 2 is 2.00 bits per heavy atom. The highest BCUT2D eigenvalue weighted by atomic mass is 16.2. The van der Waals surface area contributed by atoms with E-state index in [0.717, 1.165) is 25.9 Å². The van der Waals surface area contributed by atoms with Gasteiger partial charge in [-0.3, -0.25) is 9.69 Å². The van der Waals surface area contributed by atoms with Crippen LogP contribution >= 0.6 is 0 Å². The molecule has 0 aliphatic heterocycles. The topological polar surface area (TPSA) is 47.3 Å². The van der Waals surface area contributed by atoms with Crippen LogP contribution in [0.15, 0.2) is 0 Å². The fourth-order valence-corrected chi connectivity index (χ4v) is 1.22. The maximum Gasteiger partial charge on any atom is 0.236 e. The molecule has 0 aliphatic carbocycles. The molecule has 0 atom stereocenters. The number of carbonyl (C=O) groups is 1. The van der Waals surface area contributed by atoms with Crippen molar-refractivity contribution >= 4 is 5.91 Å². The first kappa shape index (κ1) is 13.9. The van der Waals surface area contributed by atoms with Gasteiger partial charge < -0.3 is 4.90 Å². The second-order valence-electron chi connectivity index (χ2n) is 3.77. The van der Waals surface area contributed by atoms with E-state index in [4.69, 9.17) is 5.26 Å². The molecule has 0 unspecified atom stereocenters. The van der Waals surface area contributed by atoms with Gasteiger partial charge in [-0.25, -0.2) is 0 Å². The standard InChI is InChI=1S/C11H21N3O/c1-4-14(9-7-5-6-8-12)10-11(15)13(2)3/h4-7,9-10H2,1-3H3. The highest BCUT2D eigenvalue weighted by Gasteiger charge is 2.09. The molecule has 0 aromatic carbocycles. The molecule has 0 heterocycles. The Morgan fingerprint density at radius 1 is 1.33 bits per heavy atom. The lowest BCUT2D eigenvalue weighted by Crippen LogP contribution is -2.37. The molecule has 1 amide bonds. The maximum absolute atomic E-state index is 11.4. The van der Waals surface area contributed by atoms with Crippen LogP contribution in [0, 0.1) is 11.3 Å². The Morgan fingerprint density at radius 3 is 2.47 bits per heavy atom. The van der Waals surface area contributed by atoms with E-state index in [2.05, 4.69) is 11.0 Å². The van der Waals surface area contributed by atoms with Crippen molar-refractivity contribution in [1.29, 1.82) is 5.26 Å². The second kappa shape index (κ2) is 8.25. The number of likely N-dealkylation sites (N-methyl/N-ethyl adjacent to an activating group) is 2. The summed E-state index contributed by atoms with van der Waals surface area (Å²) < 4.78 is 0. The van der Waals surface area contributed by atoms with Gasteiger partial charge >= 0.3 is 0 Å². The fourth-order valence-electron chi connectivity index (χ4n) is 1.22. The number of nitriles is 1. The van der Waals surface area contributed by atoms with Crippen molar-refractivity contribution in [3.05, 3.63) is 0 Å². The van der Waals surface area contributed by atoms with Crippen molar-refractivity contribution in [2.75, 3.05) is 33.7 Å². The van der Waals surface area contributed by atoms with E-state index in [0.29, 0.717) is 13.0 Å². The number of hydrogen-bond acceptors (Lipinski definition) is 3. The van der Waals surface area contributed by atoms with E-state index in [-0.39, 0.29) is 5.91 Å². The van der Waals surface area contributed by atoms with Crippen molar-refractivity contribution in [1.82, 2.24) is 9.80 Å². The lowest BCUT2D eigenvalue weighted by atomic mass is 10.2. The van der Waals surface area contributed by atoms with Crippen LogP contribution < -0.4 is 0 Å². The van der Waals surface area contributed by atoms with Gasteiger partial charge in [0.2, 0.25) is 5.91 Å². The lowest BCUT2D eigenvalue weighted by molar-refractivity contribution is -0.129. The molecule has 0 bridgehead atoms. The Balaban J connectivity index is 3.74. The highest BCUT2D eigenvalue weighted by Crippen LogP contribution is 1.98. The Hall–Kier alpha value is -1.08. The average Bonchev–Trinajstić information content (AvgIpc) is 2.22. The first-order valence-corrected chi connectivity index (χ1v) is 5.41. The van der Waals surface area contributed by atoms with E-state index in [1.54, 1.807) is 19.0 Å². The molecular formula is C11H21N3O. The van der Waals surface area contributed by atoms with Gasteiger partial charge in [0.1, 0.15) is 0 Å². The summed E-state index contributed by atoms with van der Waals surface area (Å²) >= 11 is 0. The fraction of sp³-hybridized carbons (Fsp3) is 0.818. The highest BCUT2D eigenvalue weighted by molar-refractivity contribution is 5.77. The number of hydrogen-bond donors (Lipinski definition) is 0. The summed E-state index contributed by atoms with van der Waals surface area (Å²) in [7, 11) is 3.54. The third-order valence-corrected chi connectivity index (χ3v) is 2.32. The molecular weight excluding hydrogens is 190 g/mol. The molecule has 4 heteroatoms. The molecule has 0 aliphatic rings. The van der Waals surface area contributed by atoms with E-state index in [9.17, 15) is 4.79 Å². The van der Waals surface area contributed by atoms with Crippen LogP contribution in [0.25, 0.3) is 0 Å². The molecule has 0 saturated heterocycles. The molecule has 0 rings (SSSR count). The van der Waals surface area contributed by atoms with Gasteiger partial charge in [0.05, 0.1) is 12.6 Å². The van der Waals surface area contributed by atoms with E-state index >= 15 is 0 Å². The summed E-state index contributed by atoms with van der Waals surface area (Å²) in [5.41, 5.74) is 0. The second-order valence-corrected chi connectivity index (χ2v) is 3.77. The number of amides is 1. The third kappa shape index (κ3) is 6.92. The van der Waals surface area contributed by atoms with Crippen LogP contribution in [0.3, 0.4) is 0 Å². The van der Waals surface area contributed by atoms with Crippen LogP contribution in [0.5, 0.6) is 0 Å². The molecule has 0 saturated carbocycles. The molecule has 4 nitrogen and oxygen atoms in total. The van der Waals surface area contributed by atoms with Gasteiger partial charge in [-0.15, -0.1) is 0 Å². The van der Waals surface area contributed by atoms with Crippen molar-refractivity contribution in [3.8, 4) is 6.07 Å². The van der Waals surface area contributed by atoms with E-state index < -0.39 is 0 Å². The van der Waals surface area contributed by atoms with Crippen molar-refractivity contribution in [3.63, 3.8) is 0 Å². The average molecular weight is 211 g/mol. The van der Waals surface area contributed by atoms with E-state index in [1.165, 1.54) is 0 Å². The van der Waals surface area contributed by atoms with Crippen molar-refractivity contribution < 1.29 is 4.79 Å². The van der Waals surface area contributed by atoms with E-state index in [1.807, 2.05) is 6.92 Å². The zero-order valence-corrected chi connectivity index (χ0v) is 9.99. The van der Waals surface area contributed by atoms with Gasteiger partial charge in [0, 0.05) is 20.5 Å². The van der Waals surface area contributed by atoms with Gasteiger partial charge in [-0.1, -0.05) is 6.92 Å². The summed E-state index contributed by atoms with van der Waals surface area (Å²) in [6, 6.07) is 2.12. The van der Waals surface area contributed by atoms with Crippen LogP contribution in [0.1, 0.15) is 26.2 Å². The molecule has 0 aromatic heterocycles. The molecule has 86 valence electrons. The minimum atomic E-state index is 0.136. The van der Waals surface area contributed by atoms with Crippen molar-refractivity contribution in [2.24, 2.45) is 0 Å².